The van der Waals surface area contributed by atoms with Crippen molar-refractivity contribution in [2.75, 3.05) is 5.32 Å². The molecule has 1 amide bonds. The number of pyridine rings is 1. The van der Waals surface area contributed by atoms with Crippen molar-refractivity contribution in [3.05, 3.63) is 88.2 Å². The summed E-state index contributed by atoms with van der Waals surface area (Å²) in [5.41, 5.74) is 1.52. The summed E-state index contributed by atoms with van der Waals surface area (Å²) in [4.78, 5) is 15.2. The largest absolute Gasteiger partial charge is 0.489 e. The standard InChI is InChI=1S/C22H14BrF3N2O2/c23-20-13-12-19(28-21(29)22(24,25)26)18(27-20)11-8-15-6-9-17(10-7-15)30-14-16-4-2-1-3-5-16/h1-7,9-10,12-13H,14H2,(H,28,29). The first-order valence-electron chi connectivity index (χ1n) is 8.65. The van der Waals surface area contributed by atoms with Gasteiger partial charge >= 0.3 is 12.1 Å². The average molecular weight is 475 g/mol. The molecule has 2 aromatic carbocycles. The van der Waals surface area contributed by atoms with E-state index in [1.54, 1.807) is 29.6 Å². The van der Waals surface area contributed by atoms with Gasteiger partial charge in [-0.3, -0.25) is 4.79 Å². The zero-order valence-corrected chi connectivity index (χ0v) is 16.9. The molecular weight excluding hydrogens is 461 g/mol. The predicted molar refractivity (Wildman–Crippen MR) is 110 cm³/mol. The zero-order chi connectivity index (χ0) is 21.6. The maximum Gasteiger partial charge on any atom is 0.471 e. The van der Waals surface area contributed by atoms with Gasteiger partial charge in [-0.15, -0.1) is 0 Å². The number of nitrogens with one attached hydrogen (secondary N) is 1. The third-order valence-electron chi connectivity index (χ3n) is 3.79. The third kappa shape index (κ3) is 6.09. The first kappa shape index (κ1) is 21.4. The Balaban J connectivity index is 1.72. The highest BCUT2D eigenvalue weighted by Crippen LogP contribution is 2.21. The molecule has 3 aromatic rings. The molecule has 8 heteroatoms. The van der Waals surface area contributed by atoms with Crippen molar-refractivity contribution in [3.8, 4) is 17.6 Å². The Bertz CT molecular complexity index is 1090. The molecule has 0 aliphatic carbocycles. The molecule has 1 N–H and O–H groups in total. The number of ether oxygens (including phenoxy) is 1. The number of nitrogens with zero attached hydrogens (tertiary/aromatic N) is 1. The van der Waals surface area contributed by atoms with Gasteiger partial charge in [0.15, 0.2) is 0 Å². The van der Waals surface area contributed by atoms with Gasteiger partial charge in [0.25, 0.3) is 0 Å². The second-order valence-corrected chi connectivity index (χ2v) is 6.84. The van der Waals surface area contributed by atoms with Crippen molar-refractivity contribution in [1.29, 1.82) is 0 Å². The second kappa shape index (κ2) is 9.46. The lowest BCUT2D eigenvalue weighted by Crippen LogP contribution is -2.30. The minimum atomic E-state index is -5.01. The Kier molecular flexibility index (Phi) is 6.75. The summed E-state index contributed by atoms with van der Waals surface area (Å²) in [5, 5.41) is 1.79. The molecule has 0 spiro atoms. The highest BCUT2D eigenvalue weighted by Gasteiger charge is 2.39. The van der Waals surface area contributed by atoms with Crippen LogP contribution in [0.4, 0.5) is 18.9 Å². The van der Waals surface area contributed by atoms with Crippen molar-refractivity contribution in [2.24, 2.45) is 0 Å². The first-order valence-corrected chi connectivity index (χ1v) is 9.44. The zero-order valence-electron chi connectivity index (χ0n) is 15.3. The lowest BCUT2D eigenvalue weighted by atomic mass is 10.2. The summed E-state index contributed by atoms with van der Waals surface area (Å²) in [6, 6.07) is 19.3. The number of aromatic nitrogens is 1. The topological polar surface area (TPSA) is 51.2 Å². The van der Waals surface area contributed by atoms with Gasteiger partial charge in [-0.2, -0.15) is 13.2 Å². The van der Waals surface area contributed by atoms with E-state index in [0.717, 1.165) is 5.56 Å². The summed E-state index contributed by atoms with van der Waals surface area (Å²) in [6.45, 7) is 0.427. The second-order valence-electron chi connectivity index (χ2n) is 6.03. The van der Waals surface area contributed by atoms with Crippen LogP contribution in [0.15, 0.2) is 71.3 Å². The van der Waals surface area contributed by atoms with Gasteiger partial charge in [-0.25, -0.2) is 4.98 Å². The molecule has 0 aliphatic heterocycles. The molecule has 0 fully saturated rings. The van der Waals surface area contributed by atoms with E-state index in [2.05, 4.69) is 32.8 Å². The van der Waals surface area contributed by atoms with E-state index in [4.69, 9.17) is 4.74 Å². The SMILES string of the molecule is O=C(Nc1ccc(Br)nc1C#Cc1ccc(OCc2ccccc2)cc1)C(F)(F)F. The van der Waals surface area contributed by atoms with Crippen LogP contribution >= 0.6 is 15.9 Å². The number of alkyl halides is 3. The summed E-state index contributed by atoms with van der Waals surface area (Å²) in [7, 11) is 0. The van der Waals surface area contributed by atoms with Crippen molar-refractivity contribution in [1.82, 2.24) is 4.98 Å². The lowest BCUT2D eigenvalue weighted by molar-refractivity contribution is -0.167. The molecule has 0 unspecified atom stereocenters. The number of anilines is 1. The minimum Gasteiger partial charge on any atom is -0.489 e. The quantitative estimate of drug-likeness (QED) is 0.411. The summed E-state index contributed by atoms with van der Waals surface area (Å²) < 4.78 is 43.6. The molecule has 0 bridgehead atoms. The lowest BCUT2D eigenvalue weighted by Gasteiger charge is -2.09. The molecule has 3 rings (SSSR count). The van der Waals surface area contributed by atoms with Crippen LogP contribution in [-0.2, 0) is 11.4 Å². The van der Waals surface area contributed by atoms with E-state index in [1.807, 2.05) is 30.3 Å². The molecule has 0 atom stereocenters. The van der Waals surface area contributed by atoms with Gasteiger partial charge in [-0.1, -0.05) is 36.3 Å². The molecule has 1 heterocycles. The molecule has 1 aromatic heterocycles. The number of rotatable bonds is 4. The molecule has 0 saturated carbocycles. The van der Waals surface area contributed by atoms with Gasteiger partial charge in [0.2, 0.25) is 0 Å². The highest BCUT2D eigenvalue weighted by atomic mass is 79.9. The Labute approximate surface area is 179 Å². The van der Waals surface area contributed by atoms with Crippen LogP contribution in [-0.4, -0.2) is 17.1 Å². The van der Waals surface area contributed by atoms with Gasteiger partial charge in [0.05, 0.1) is 5.69 Å². The number of hydrogen-bond donors (Lipinski definition) is 1. The first-order chi connectivity index (χ1) is 14.3. The van der Waals surface area contributed by atoms with E-state index in [-0.39, 0.29) is 11.4 Å². The number of carbonyl (C=O) groups is 1. The number of halogens is 4. The monoisotopic (exact) mass is 474 g/mol. The molecule has 0 radical (unpaired) electrons. The van der Waals surface area contributed by atoms with E-state index in [9.17, 15) is 18.0 Å². The Morgan fingerprint density at radius 1 is 1.00 bits per heavy atom. The van der Waals surface area contributed by atoms with E-state index in [1.165, 1.54) is 12.1 Å². The Morgan fingerprint density at radius 2 is 1.70 bits per heavy atom. The smallest absolute Gasteiger partial charge is 0.471 e. The predicted octanol–water partition coefficient (Wildman–Crippen LogP) is 5.32. The van der Waals surface area contributed by atoms with E-state index < -0.39 is 12.1 Å². The van der Waals surface area contributed by atoms with Crippen molar-refractivity contribution in [3.63, 3.8) is 0 Å². The van der Waals surface area contributed by atoms with Gasteiger partial charge in [0.1, 0.15) is 22.7 Å². The molecule has 152 valence electrons. The van der Waals surface area contributed by atoms with Crippen LogP contribution < -0.4 is 10.1 Å². The summed E-state index contributed by atoms with van der Waals surface area (Å²) in [6.07, 6.45) is -5.01. The van der Waals surface area contributed by atoms with Crippen LogP contribution in [0.25, 0.3) is 0 Å². The van der Waals surface area contributed by atoms with Crippen LogP contribution in [0.5, 0.6) is 5.75 Å². The molecule has 0 saturated heterocycles. The van der Waals surface area contributed by atoms with Gasteiger partial charge in [0, 0.05) is 5.56 Å². The average Bonchev–Trinajstić information content (AvgIpc) is 2.73. The summed E-state index contributed by atoms with van der Waals surface area (Å²) >= 11 is 3.14. The fourth-order valence-electron chi connectivity index (χ4n) is 2.33. The van der Waals surface area contributed by atoms with Crippen molar-refractivity contribution >= 4 is 27.5 Å². The highest BCUT2D eigenvalue weighted by molar-refractivity contribution is 9.10. The summed E-state index contributed by atoms with van der Waals surface area (Å²) in [5.74, 6) is 4.08. The minimum absolute atomic E-state index is 0.00591. The van der Waals surface area contributed by atoms with Crippen molar-refractivity contribution in [2.45, 2.75) is 12.8 Å². The fraction of sp³-hybridized carbons (Fsp3) is 0.0909. The normalized spacial score (nSPS) is 10.7. The van der Waals surface area contributed by atoms with Gasteiger partial charge < -0.3 is 10.1 Å². The van der Waals surface area contributed by atoms with E-state index >= 15 is 0 Å². The maximum atomic E-state index is 12.5. The molecule has 4 nitrogen and oxygen atoms in total. The van der Waals surface area contributed by atoms with Crippen molar-refractivity contribution < 1.29 is 22.7 Å². The van der Waals surface area contributed by atoms with Crippen LogP contribution in [0.3, 0.4) is 0 Å². The van der Waals surface area contributed by atoms with Crippen LogP contribution in [0, 0.1) is 11.8 Å². The fourth-order valence-corrected chi connectivity index (χ4v) is 2.64. The Morgan fingerprint density at radius 3 is 2.37 bits per heavy atom. The van der Waals surface area contributed by atoms with Gasteiger partial charge in [-0.05, 0) is 63.8 Å². The molecule has 30 heavy (non-hydrogen) atoms. The molecular formula is C22H14BrF3N2O2. The molecule has 0 aliphatic rings. The maximum absolute atomic E-state index is 12.5. The number of hydrogen-bond acceptors (Lipinski definition) is 3. The number of benzene rings is 2. The van der Waals surface area contributed by atoms with Crippen LogP contribution in [0.2, 0.25) is 0 Å². The third-order valence-corrected chi connectivity index (χ3v) is 4.24. The van der Waals surface area contributed by atoms with Crippen LogP contribution in [0.1, 0.15) is 16.8 Å². The number of carbonyl (C=O) groups excluding carboxylic acids is 1. The number of amides is 1. The Hall–Kier alpha value is -3.31. The van der Waals surface area contributed by atoms with E-state index in [0.29, 0.717) is 22.5 Å².